The molecule has 1 atom stereocenters. The van der Waals surface area contributed by atoms with Crippen molar-refractivity contribution in [3.63, 3.8) is 0 Å². The molecule has 0 unspecified atom stereocenters. The zero-order chi connectivity index (χ0) is 28.4. The topological polar surface area (TPSA) is 115 Å². The zero-order valence-electron chi connectivity index (χ0n) is 21.4. The maximum Gasteiger partial charge on any atom is 0.573 e. The maximum atomic E-state index is 12.8. The summed E-state index contributed by atoms with van der Waals surface area (Å²) in [5.41, 5.74) is 7.72. The second-order valence-corrected chi connectivity index (χ2v) is 9.27. The number of hydrogen-bond donors (Lipinski definition) is 2. The molecular formula is C27H27F3N6O4. The fraction of sp³-hybridized carbons (Fsp3) is 0.296. The number of anilines is 1. The van der Waals surface area contributed by atoms with Gasteiger partial charge in [-0.15, -0.1) is 13.2 Å². The number of aromatic nitrogens is 2. The van der Waals surface area contributed by atoms with Crippen molar-refractivity contribution in [2.75, 3.05) is 38.0 Å². The lowest BCUT2D eigenvalue weighted by atomic mass is 10.0. The highest BCUT2D eigenvalue weighted by Crippen LogP contribution is 2.38. The van der Waals surface area contributed by atoms with Crippen LogP contribution in [0.25, 0.3) is 5.69 Å². The predicted molar refractivity (Wildman–Crippen MR) is 139 cm³/mol. The Kier molecular flexibility index (Phi) is 7.39. The number of rotatable bonds is 7. The minimum atomic E-state index is -4.86. The first-order chi connectivity index (χ1) is 19.1. The number of primary amides is 1. The van der Waals surface area contributed by atoms with Crippen molar-refractivity contribution in [3.8, 4) is 22.9 Å². The molecule has 0 radical (unpaired) electrons. The number of carbonyl (C=O) groups is 2. The van der Waals surface area contributed by atoms with Crippen LogP contribution in [-0.4, -0.2) is 70.5 Å². The van der Waals surface area contributed by atoms with E-state index in [4.69, 9.17) is 15.6 Å². The van der Waals surface area contributed by atoms with E-state index in [0.717, 1.165) is 12.5 Å². The average Bonchev–Trinajstić information content (AvgIpc) is 3.34. The second kappa shape index (κ2) is 10.9. The molecule has 210 valence electrons. The van der Waals surface area contributed by atoms with Gasteiger partial charge in [-0.1, -0.05) is 18.7 Å². The molecule has 2 aromatic carbocycles. The second-order valence-electron chi connectivity index (χ2n) is 9.27. The van der Waals surface area contributed by atoms with Gasteiger partial charge in [0.15, 0.2) is 17.2 Å². The number of nitrogens with one attached hydrogen (secondary N) is 1. The van der Waals surface area contributed by atoms with Gasteiger partial charge in [0.05, 0.1) is 17.4 Å². The third-order valence-electron chi connectivity index (χ3n) is 6.81. The van der Waals surface area contributed by atoms with Crippen LogP contribution in [0.1, 0.15) is 28.6 Å². The number of piperazine rings is 1. The molecule has 3 heterocycles. The molecular weight excluding hydrogens is 529 g/mol. The van der Waals surface area contributed by atoms with Crippen LogP contribution in [0.2, 0.25) is 0 Å². The quantitative estimate of drug-likeness (QED) is 0.425. The van der Waals surface area contributed by atoms with Gasteiger partial charge in [-0.25, -0.2) is 4.68 Å². The molecule has 0 spiro atoms. The Bertz CT molecular complexity index is 1410. The molecule has 0 bridgehead atoms. The normalized spacial score (nSPS) is 17.5. The van der Waals surface area contributed by atoms with Gasteiger partial charge >= 0.3 is 6.36 Å². The van der Waals surface area contributed by atoms with E-state index in [0.29, 0.717) is 49.8 Å². The summed E-state index contributed by atoms with van der Waals surface area (Å²) >= 11 is 0. The Labute approximate surface area is 227 Å². The minimum absolute atomic E-state index is 0.0793. The standard InChI is InChI=1S/C27H27F3N6O4/c1-2-22(37)35-15-13-34(14-16-35)19-11-12-32-24-23(19)33-36(25(24)26(31)38)17-7-9-18(10-8-17)39-20-5-3-4-6-21(20)40-27(28,29)30/h2-10,19,32H,1,11-16H2,(H2,31,38)/t19-/m1/s1. The van der Waals surface area contributed by atoms with Gasteiger partial charge in [0.25, 0.3) is 5.91 Å². The molecule has 40 heavy (non-hydrogen) atoms. The van der Waals surface area contributed by atoms with Crippen LogP contribution < -0.4 is 20.5 Å². The third kappa shape index (κ3) is 5.59. The van der Waals surface area contributed by atoms with Gasteiger partial charge in [-0.05, 0) is 48.9 Å². The van der Waals surface area contributed by atoms with Crippen molar-refractivity contribution in [1.82, 2.24) is 19.6 Å². The number of alkyl halides is 3. The van der Waals surface area contributed by atoms with Crippen LogP contribution >= 0.6 is 0 Å². The molecule has 0 aliphatic carbocycles. The van der Waals surface area contributed by atoms with Crippen LogP contribution in [0.5, 0.6) is 17.2 Å². The predicted octanol–water partition coefficient (Wildman–Crippen LogP) is 3.85. The molecule has 2 aliphatic rings. The molecule has 0 saturated carbocycles. The highest BCUT2D eigenvalue weighted by Gasteiger charge is 2.36. The number of halogens is 3. The monoisotopic (exact) mass is 556 g/mol. The summed E-state index contributed by atoms with van der Waals surface area (Å²) in [4.78, 5) is 28.5. The van der Waals surface area contributed by atoms with Crippen molar-refractivity contribution >= 4 is 17.5 Å². The fourth-order valence-electron chi connectivity index (χ4n) is 4.99. The molecule has 10 nitrogen and oxygen atoms in total. The van der Waals surface area contributed by atoms with E-state index in [1.165, 1.54) is 29.0 Å². The number of nitrogens with two attached hydrogens (primary N) is 1. The first-order valence-corrected chi connectivity index (χ1v) is 12.6. The zero-order valence-corrected chi connectivity index (χ0v) is 21.4. The summed E-state index contributed by atoms with van der Waals surface area (Å²) in [6, 6.07) is 11.7. The van der Waals surface area contributed by atoms with Crippen LogP contribution in [-0.2, 0) is 4.79 Å². The van der Waals surface area contributed by atoms with Crippen molar-refractivity contribution in [2.24, 2.45) is 5.73 Å². The van der Waals surface area contributed by atoms with Crippen LogP contribution in [0.15, 0.2) is 61.2 Å². The molecule has 5 rings (SSSR count). The van der Waals surface area contributed by atoms with Crippen LogP contribution in [0.4, 0.5) is 18.9 Å². The molecule has 13 heteroatoms. The van der Waals surface area contributed by atoms with Crippen molar-refractivity contribution < 1.29 is 32.2 Å². The average molecular weight is 557 g/mol. The maximum absolute atomic E-state index is 12.8. The van der Waals surface area contributed by atoms with E-state index in [1.54, 1.807) is 29.2 Å². The van der Waals surface area contributed by atoms with Gasteiger partial charge in [-0.2, -0.15) is 5.10 Å². The minimum Gasteiger partial charge on any atom is -0.453 e. The van der Waals surface area contributed by atoms with Crippen molar-refractivity contribution in [3.05, 3.63) is 72.6 Å². The first-order valence-electron chi connectivity index (χ1n) is 12.6. The number of para-hydroxylation sites is 2. The first kappa shape index (κ1) is 27.1. The Morgan fingerprint density at radius 2 is 1.73 bits per heavy atom. The van der Waals surface area contributed by atoms with Crippen LogP contribution in [0.3, 0.4) is 0 Å². The van der Waals surface area contributed by atoms with Gasteiger partial charge in [0.2, 0.25) is 5.91 Å². The third-order valence-corrected chi connectivity index (χ3v) is 6.81. The highest BCUT2D eigenvalue weighted by atomic mass is 19.4. The number of hydrogen-bond acceptors (Lipinski definition) is 7. The van der Waals surface area contributed by atoms with Crippen molar-refractivity contribution in [1.29, 1.82) is 0 Å². The molecule has 1 fully saturated rings. The number of ether oxygens (including phenoxy) is 2. The van der Waals surface area contributed by atoms with Gasteiger partial charge in [-0.3, -0.25) is 14.5 Å². The smallest absolute Gasteiger partial charge is 0.453 e. The highest BCUT2D eigenvalue weighted by molar-refractivity contribution is 5.98. The number of fused-ring (bicyclic) bond motifs is 1. The summed E-state index contributed by atoms with van der Waals surface area (Å²) < 4.78 is 49.4. The summed E-state index contributed by atoms with van der Waals surface area (Å²) in [7, 11) is 0. The molecule has 2 aliphatic heterocycles. The summed E-state index contributed by atoms with van der Waals surface area (Å²) in [5.74, 6) is -1.09. The molecule has 1 aromatic heterocycles. The number of benzene rings is 2. The van der Waals surface area contributed by atoms with E-state index in [-0.39, 0.29) is 29.1 Å². The lowest BCUT2D eigenvalue weighted by molar-refractivity contribution is -0.275. The van der Waals surface area contributed by atoms with E-state index in [2.05, 4.69) is 21.5 Å². The number of carbonyl (C=O) groups excluding carboxylic acids is 2. The molecule has 2 amide bonds. The summed E-state index contributed by atoms with van der Waals surface area (Å²) in [6.45, 7) is 6.58. The summed E-state index contributed by atoms with van der Waals surface area (Å²) in [5, 5.41) is 8.02. The van der Waals surface area contributed by atoms with Crippen molar-refractivity contribution in [2.45, 2.75) is 18.8 Å². The van der Waals surface area contributed by atoms with E-state index in [9.17, 15) is 22.8 Å². The lowest BCUT2D eigenvalue weighted by Crippen LogP contribution is -2.50. The SMILES string of the molecule is C=CC(=O)N1CCN([C@@H]2CCNc3c2nn(-c2ccc(Oc4ccccc4OC(F)(F)F)cc2)c3C(N)=O)CC1. The van der Waals surface area contributed by atoms with Gasteiger partial charge in [0, 0.05) is 32.7 Å². The van der Waals surface area contributed by atoms with Gasteiger partial charge < -0.3 is 25.4 Å². The number of nitrogens with zero attached hydrogens (tertiary/aromatic N) is 4. The fourth-order valence-corrected chi connectivity index (χ4v) is 4.99. The number of amides is 2. The lowest BCUT2D eigenvalue weighted by Gasteiger charge is -2.40. The summed E-state index contributed by atoms with van der Waals surface area (Å²) in [6.07, 6.45) is -2.80. The van der Waals surface area contributed by atoms with E-state index < -0.39 is 18.0 Å². The Balaban J connectivity index is 1.39. The van der Waals surface area contributed by atoms with E-state index in [1.807, 2.05) is 0 Å². The Morgan fingerprint density at radius 3 is 2.35 bits per heavy atom. The Hall–Kier alpha value is -4.52. The molecule has 1 saturated heterocycles. The van der Waals surface area contributed by atoms with E-state index >= 15 is 0 Å². The molecule has 3 aromatic rings. The van der Waals surface area contributed by atoms with Gasteiger partial charge in [0.1, 0.15) is 11.4 Å². The Morgan fingerprint density at radius 1 is 1.05 bits per heavy atom. The van der Waals surface area contributed by atoms with Crippen LogP contribution in [0, 0.1) is 0 Å². The molecule has 3 N–H and O–H groups in total. The largest absolute Gasteiger partial charge is 0.573 e.